The summed E-state index contributed by atoms with van der Waals surface area (Å²) in [5, 5.41) is 3.86. The molecule has 1 unspecified atom stereocenters. The largest absolute Gasteiger partial charge is 0.350 e. The molecule has 0 bridgehead atoms. The quantitative estimate of drug-likeness (QED) is 0.301. The maximum atomic E-state index is 14.1. The lowest BCUT2D eigenvalue weighted by molar-refractivity contribution is -0.140. The van der Waals surface area contributed by atoms with Crippen molar-refractivity contribution in [3.05, 3.63) is 99.0 Å². The van der Waals surface area contributed by atoms with Gasteiger partial charge in [-0.05, 0) is 56.2 Å². The van der Waals surface area contributed by atoms with Crippen LogP contribution in [0, 0.1) is 0 Å². The van der Waals surface area contributed by atoms with Crippen LogP contribution in [0.5, 0.6) is 0 Å². The number of sulfonamides is 1. The minimum Gasteiger partial charge on any atom is -0.350 e. The lowest BCUT2D eigenvalue weighted by atomic mass is 10.0. The molecule has 0 aliphatic carbocycles. The minimum atomic E-state index is -3.93. The van der Waals surface area contributed by atoms with Crippen molar-refractivity contribution in [1.82, 2.24) is 10.2 Å². The van der Waals surface area contributed by atoms with Crippen LogP contribution in [0.15, 0.2) is 72.8 Å². The molecule has 0 fully saturated rings. The van der Waals surface area contributed by atoms with E-state index in [0.29, 0.717) is 15.6 Å². The number of nitrogens with zero attached hydrogens (tertiary/aromatic N) is 2. The van der Waals surface area contributed by atoms with Crippen LogP contribution in [-0.2, 0) is 32.6 Å². The van der Waals surface area contributed by atoms with Gasteiger partial charge in [0.15, 0.2) is 0 Å². The molecule has 0 saturated heterocycles. The van der Waals surface area contributed by atoms with Gasteiger partial charge in [0, 0.05) is 28.5 Å². The topological polar surface area (TPSA) is 86.8 Å². The van der Waals surface area contributed by atoms with E-state index < -0.39 is 40.0 Å². The zero-order valence-corrected chi connectivity index (χ0v) is 25.8. The van der Waals surface area contributed by atoms with E-state index in [1.807, 2.05) is 51.1 Å². The molecule has 3 rings (SSSR count). The van der Waals surface area contributed by atoms with E-state index in [9.17, 15) is 18.0 Å². The summed E-state index contributed by atoms with van der Waals surface area (Å²) in [5.41, 5.74) is 0.935. The Labute approximate surface area is 251 Å². The molecule has 0 aliphatic rings. The molecule has 2 amide bonds. The Morgan fingerprint density at radius 3 is 2.10 bits per heavy atom. The number of para-hydroxylation sites is 1. The molecule has 0 radical (unpaired) electrons. The normalized spacial score (nSPS) is 12.5. The van der Waals surface area contributed by atoms with Crippen molar-refractivity contribution in [2.45, 2.75) is 45.3 Å². The number of hydrogen-bond donors (Lipinski definition) is 1. The first-order valence-corrected chi connectivity index (χ1v) is 15.5. The van der Waals surface area contributed by atoms with Gasteiger partial charge in [-0.2, -0.15) is 0 Å². The number of nitrogens with one attached hydrogen (secondary N) is 1. The van der Waals surface area contributed by atoms with Crippen LogP contribution in [0.4, 0.5) is 5.69 Å². The highest BCUT2D eigenvalue weighted by Crippen LogP contribution is 2.29. The highest BCUT2D eigenvalue weighted by Gasteiger charge is 2.35. The summed E-state index contributed by atoms with van der Waals surface area (Å²) < 4.78 is 26.7. The van der Waals surface area contributed by atoms with Gasteiger partial charge in [-0.1, -0.05) is 83.3 Å². The van der Waals surface area contributed by atoms with Gasteiger partial charge < -0.3 is 10.2 Å². The Morgan fingerprint density at radius 1 is 0.900 bits per heavy atom. The number of hydrogen-bond acceptors (Lipinski definition) is 4. The number of amides is 2. The van der Waals surface area contributed by atoms with Crippen LogP contribution in [0.3, 0.4) is 0 Å². The van der Waals surface area contributed by atoms with Crippen molar-refractivity contribution >= 4 is 62.3 Å². The van der Waals surface area contributed by atoms with E-state index in [4.69, 9.17) is 34.8 Å². The Morgan fingerprint density at radius 2 is 1.52 bits per heavy atom. The van der Waals surface area contributed by atoms with Gasteiger partial charge in [0.05, 0.1) is 17.0 Å². The molecule has 0 aliphatic heterocycles. The third kappa shape index (κ3) is 8.86. The van der Waals surface area contributed by atoms with Crippen molar-refractivity contribution in [1.29, 1.82) is 0 Å². The SMILES string of the molecule is CC(C)(C)NC(=O)C(Cc1ccccc1)N(Cc1ccc(Cl)cc1Cl)C(=O)CN(c1ccccc1Cl)S(C)(=O)=O. The molecule has 3 aromatic carbocycles. The van der Waals surface area contributed by atoms with Crippen molar-refractivity contribution in [3.8, 4) is 0 Å². The summed E-state index contributed by atoms with van der Waals surface area (Å²) in [6.07, 6.45) is 1.18. The van der Waals surface area contributed by atoms with Gasteiger partial charge in [-0.15, -0.1) is 0 Å². The number of benzene rings is 3. The lowest BCUT2D eigenvalue weighted by Gasteiger charge is -2.35. The second kappa shape index (κ2) is 13.3. The molecule has 0 aromatic heterocycles. The van der Waals surface area contributed by atoms with Crippen LogP contribution in [0.2, 0.25) is 15.1 Å². The van der Waals surface area contributed by atoms with Crippen molar-refractivity contribution in [2.75, 3.05) is 17.1 Å². The molecule has 0 spiro atoms. The molecule has 214 valence electrons. The highest BCUT2D eigenvalue weighted by molar-refractivity contribution is 7.92. The van der Waals surface area contributed by atoms with Gasteiger partial charge in [0.1, 0.15) is 12.6 Å². The Bertz CT molecular complexity index is 1460. The fourth-order valence-corrected chi connectivity index (χ4v) is 5.71. The van der Waals surface area contributed by atoms with Crippen LogP contribution >= 0.6 is 34.8 Å². The second-order valence-electron chi connectivity index (χ2n) is 10.4. The van der Waals surface area contributed by atoms with Gasteiger partial charge in [-0.25, -0.2) is 8.42 Å². The van der Waals surface area contributed by atoms with E-state index in [2.05, 4.69) is 5.32 Å². The average Bonchev–Trinajstić information content (AvgIpc) is 2.85. The molecular formula is C29H32Cl3N3O4S. The first kappa shape index (κ1) is 31.7. The monoisotopic (exact) mass is 623 g/mol. The van der Waals surface area contributed by atoms with Gasteiger partial charge in [0.2, 0.25) is 21.8 Å². The maximum Gasteiger partial charge on any atom is 0.244 e. The van der Waals surface area contributed by atoms with Crippen LogP contribution in [-0.4, -0.2) is 49.5 Å². The standard InChI is InChI=1S/C29H32Cl3N3O4S/c1-29(2,3)33-28(37)26(16-20-10-6-5-7-11-20)34(18-21-14-15-22(30)17-24(21)32)27(36)19-35(40(4,38)39)25-13-9-8-12-23(25)31/h5-15,17,26H,16,18-19H2,1-4H3,(H,33,37). The summed E-state index contributed by atoms with van der Waals surface area (Å²) in [7, 11) is -3.93. The molecule has 1 atom stereocenters. The molecule has 1 N–H and O–H groups in total. The highest BCUT2D eigenvalue weighted by atomic mass is 35.5. The van der Waals surface area contributed by atoms with Crippen molar-refractivity contribution in [2.24, 2.45) is 0 Å². The molecule has 11 heteroatoms. The van der Waals surface area contributed by atoms with Crippen LogP contribution in [0.25, 0.3) is 0 Å². The second-order valence-corrected chi connectivity index (χ2v) is 13.6. The Balaban J connectivity index is 2.11. The summed E-state index contributed by atoms with van der Waals surface area (Å²) in [5.74, 6) is -1.00. The van der Waals surface area contributed by atoms with Crippen molar-refractivity contribution < 1.29 is 18.0 Å². The third-order valence-corrected chi connectivity index (χ3v) is 7.96. The van der Waals surface area contributed by atoms with E-state index in [1.54, 1.807) is 36.4 Å². The predicted molar refractivity (Wildman–Crippen MR) is 162 cm³/mol. The molecule has 40 heavy (non-hydrogen) atoms. The maximum absolute atomic E-state index is 14.1. The summed E-state index contributed by atoms with van der Waals surface area (Å²) in [6, 6.07) is 19.5. The fraction of sp³-hybridized carbons (Fsp3) is 0.310. The average molecular weight is 625 g/mol. The Kier molecular flexibility index (Phi) is 10.5. The molecule has 3 aromatic rings. The summed E-state index contributed by atoms with van der Waals surface area (Å²) >= 11 is 18.9. The van der Waals surface area contributed by atoms with Crippen molar-refractivity contribution in [3.63, 3.8) is 0 Å². The van der Waals surface area contributed by atoms with E-state index >= 15 is 0 Å². The molecule has 0 heterocycles. The first-order valence-electron chi connectivity index (χ1n) is 12.5. The number of anilines is 1. The number of carbonyl (C=O) groups is 2. The van der Waals surface area contributed by atoms with Gasteiger partial charge >= 0.3 is 0 Å². The summed E-state index contributed by atoms with van der Waals surface area (Å²) in [4.78, 5) is 29.2. The van der Waals surface area contributed by atoms with E-state index in [0.717, 1.165) is 16.1 Å². The first-order chi connectivity index (χ1) is 18.7. The lowest BCUT2D eigenvalue weighted by Crippen LogP contribution is -2.56. The minimum absolute atomic E-state index is 0.0655. The van der Waals surface area contributed by atoms with E-state index in [-0.39, 0.29) is 23.7 Å². The number of halogens is 3. The third-order valence-electron chi connectivity index (χ3n) is 5.93. The Hall–Kier alpha value is -2.78. The molecule has 0 saturated carbocycles. The predicted octanol–water partition coefficient (Wildman–Crippen LogP) is 5.97. The zero-order valence-electron chi connectivity index (χ0n) is 22.7. The smallest absolute Gasteiger partial charge is 0.244 e. The van der Waals surface area contributed by atoms with E-state index in [1.165, 1.54) is 11.0 Å². The zero-order chi connectivity index (χ0) is 29.7. The number of rotatable bonds is 10. The fourth-order valence-electron chi connectivity index (χ4n) is 4.09. The summed E-state index contributed by atoms with van der Waals surface area (Å²) in [6.45, 7) is 4.88. The van der Waals surface area contributed by atoms with Crippen LogP contribution < -0.4 is 9.62 Å². The molecule has 7 nitrogen and oxygen atoms in total. The molecular weight excluding hydrogens is 593 g/mol. The van der Waals surface area contributed by atoms with Gasteiger partial charge in [0.25, 0.3) is 0 Å². The van der Waals surface area contributed by atoms with Gasteiger partial charge in [-0.3, -0.25) is 13.9 Å². The van der Waals surface area contributed by atoms with Crippen LogP contribution in [0.1, 0.15) is 31.9 Å². The number of carbonyl (C=O) groups excluding carboxylic acids is 2.